The number of carbonyl (C=O) groups excluding carboxylic acids is 4. The molecule has 0 aliphatic carbocycles. The van der Waals surface area contributed by atoms with E-state index >= 15 is 0 Å². The number of likely N-dealkylation sites (N-methyl/N-ethyl adjacent to an activating group) is 1. The number of methoxy groups -OCH3 is 1. The van der Waals surface area contributed by atoms with Gasteiger partial charge >= 0.3 is 12.1 Å². The van der Waals surface area contributed by atoms with Crippen LogP contribution < -0.4 is 0 Å². The molecular weight excluding hydrogens is 704 g/mol. The Morgan fingerprint density at radius 1 is 0.909 bits per heavy atom. The number of hydrogen-bond donors (Lipinski definition) is 1. The minimum Gasteiger partial charge on any atom is -0.458 e. The summed E-state index contributed by atoms with van der Waals surface area (Å²) in [5.74, 6) is 1.55. The van der Waals surface area contributed by atoms with Crippen LogP contribution in [-0.4, -0.2) is 120 Å². The number of esters is 1. The zero-order valence-corrected chi connectivity index (χ0v) is 35.9. The second kappa shape index (κ2) is 20.7. The molecule has 0 aromatic heterocycles. The summed E-state index contributed by atoms with van der Waals surface area (Å²) in [6.45, 7) is 16.6. The van der Waals surface area contributed by atoms with Gasteiger partial charge in [0.1, 0.15) is 23.9 Å². The van der Waals surface area contributed by atoms with Crippen molar-refractivity contribution in [3.63, 3.8) is 0 Å². The van der Waals surface area contributed by atoms with Gasteiger partial charge in [0.25, 0.3) is 0 Å². The molecule has 12 nitrogen and oxygen atoms in total. The van der Waals surface area contributed by atoms with Crippen LogP contribution in [0.5, 0.6) is 0 Å². The van der Waals surface area contributed by atoms with E-state index in [0.29, 0.717) is 19.4 Å². The van der Waals surface area contributed by atoms with Gasteiger partial charge in [-0.15, -0.1) is 11.8 Å². The molecule has 1 amide bonds. The number of fused-ring (bicyclic) bond motifs is 1. The molecule has 0 spiro atoms. The third-order valence-electron chi connectivity index (χ3n) is 12.4. The Morgan fingerprint density at radius 2 is 1.55 bits per heavy atom. The molecule has 3 rings (SSSR count). The van der Waals surface area contributed by atoms with Gasteiger partial charge in [0.15, 0.2) is 17.7 Å². The summed E-state index contributed by atoms with van der Waals surface area (Å²) in [6.07, 6.45) is 3.89. The molecule has 0 aromatic rings. The molecule has 3 aliphatic heterocycles. The SMILES string of the molecule is CCC#CCCCCCCCCN1C(=O)O[C@]2(C)[C@@H](CC)OC(=O)[C@H](C)C(=O)[C@H](C)[C@@H](O[C@@H]3O[C@H](C)C[C@H](N(C)C)[C@H]3O)[C@](C)(OC)C[C@@H](C)C(=O)[C@H](C)[C@@H]12. The highest BCUT2D eigenvalue weighted by molar-refractivity contribution is 6.00. The summed E-state index contributed by atoms with van der Waals surface area (Å²) in [5, 5.41) is 11.4. The lowest BCUT2D eigenvalue weighted by Gasteiger charge is -2.47. The molecule has 0 bridgehead atoms. The van der Waals surface area contributed by atoms with Crippen LogP contribution in [-0.2, 0) is 38.1 Å². The van der Waals surface area contributed by atoms with Gasteiger partial charge in [-0.1, -0.05) is 60.3 Å². The van der Waals surface area contributed by atoms with Crippen LogP contribution in [0.4, 0.5) is 4.79 Å². The van der Waals surface area contributed by atoms with Crippen molar-refractivity contribution < 1.29 is 48.0 Å². The number of rotatable bonds is 13. The maximum atomic E-state index is 14.6. The van der Waals surface area contributed by atoms with Gasteiger partial charge < -0.3 is 38.6 Å². The topological polar surface area (TPSA) is 141 Å². The van der Waals surface area contributed by atoms with Crippen LogP contribution in [0.15, 0.2) is 0 Å². The fourth-order valence-electron chi connectivity index (χ4n) is 9.13. The van der Waals surface area contributed by atoms with E-state index in [2.05, 4.69) is 18.8 Å². The largest absolute Gasteiger partial charge is 0.458 e. The zero-order valence-electron chi connectivity index (χ0n) is 35.9. The maximum absolute atomic E-state index is 14.6. The van der Waals surface area contributed by atoms with Gasteiger partial charge in [-0.2, -0.15) is 0 Å². The fourth-order valence-corrected chi connectivity index (χ4v) is 9.13. The molecule has 0 unspecified atom stereocenters. The zero-order chi connectivity index (χ0) is 41.2. The summed E-state index contributed by atoms with van der Waals surface area (Å²) < 4.78 is 31.2. The fraction of sp³-hybridized carbons (Fsp3) is 0.860. The number of cyclic esters (lactones) is 1. The third-order valence-corrected chi connectivity index (χ3v) is 12.4. The molecule has 314 valence electrons. The molecule has 0 radical (unpaired) electrons. The number of aliphatic hydroxyl groups excluding tert-OH is 1. The summed E-state index contributed by atoms with van der Waals surface area (Å²) in [6, 6.07) is -0.994. The lowest BCUT2D eigenvalue weighted by atomic mass is 9.73. The van der Waals surface area contributed by atoms with Crippen molar-refractivity contribution in [2.75, 3.05) is 27.7 Å². The van der Waals surface area contributed by atoms with Crippen molar-refractivity contribution >= 4 is 23.6 Å². The van der Waals surface area contributed by atoms with Gasteiger partial charge in [0, 0.05) is 50.3 Å². The highest BCUT2D eigenvalue weighted by atomic mass is 16.7. The Balaban J connectivity index is 1.97. The summed E-state index contributed by atoms with van der Waals surface area (Å²) in [5.41, 5.74) is -2.59. The Bertz CT molecular complexity index is 1360. The maximum Gasteiger partial charge on any atom is 0.410 e. The van der Waals surface area contributed by atoms with Crippen molar-refractivity contribution in [3.8, 4) is 11.8 Å². The molecule has 3 fully saturated rings. The lowest BCUT2D eigenvalue weighted by Crippen LogP contribution is -2.60. The summed E-state index contributed by atoms with van der Waals surface area (Å²) in [4.78, 5) is 60.1. The van der Waals surface area contributed by atoms with E-state index in [1.807, 2.05) is 46.7 Å². The molecule has 0 aromatic carbocycles. The first-order valence-corrected chi connectivity index (χ1v) is 20.8. The molecule has 55 heavy (non-hydrogen) atoms. The number of amides is 1. The Kier molecular flexibility index (Phi) is 17.7. The van der Waals surface area contributed by atoms with Crippen LogP contribution >= 0.6 is 0 Å². The molecule has 3 heterocycles. The standard InChI is InChI=1S/C43H72N2O10/c1-13-15-16-17-18-19-20-21-22-23-24-45-37-29(5)34(46)27(3)26-42(8,51-12)38(54-40-36(48)32(44(10)11)25-28(4)52-40)30(6)35(47)31(7)39(49)53-33(14-2)43(37,9)55-41(45)50/h27-33,36-38,40,48H,13-14,17-26H2,1-12H3/t27-,28-,29+,30+,31-,32+,33-,36-,37-,38-,40+,42-,43-/m1/s1. The third kappa shape index (κ3) is 11.1. The Hall–Kier alpha value is -2.56. The minimum absolute atomic E-state index is 0.117. The number of hydrogen-bond acceptors (Lipinski definition) is 11. The average molecular weight is 777 g/mol. The predicted molar refractivity (Wildman–Crippen MR) is 210 cm³/mol. The number of nitrogens with zero attached hydrogens (tertiary/aromatic N) is 2. The molecule has 12 heteroatoms. The van der Waals surface area contributed by atoms with Crippen molar-refractivity contribution in [1.29, 1.82) is 0 Å². The van der Waals surface area contributed by atoms with Gasteiger partial charge in [-0.3, -0.25) is 14.4 Å². The smallest absolute Gasteiger partial charge is 0.410 e. The minimum atomic E-state index is -1.35. The van der Waals surface area contributed by atoms with Gasteiger partial charge in [0.2, 0.25) is 0 Å². The van der Waals surface area contributed by atoms with E-state index in [-0.39, 0.29) is 24.3 Å². The first kappa shape index (κ1) is 46.8. The Morgan fingerprint density at radius 3 is 2.15 bits per heavy atom. The van der Waals surface area contributed by atoms with Crippen LogP contribution in [0.3, 0.4) is 0 Å². The molecule has 13 atom stereocenters. The highest BCUT2D eigenvalue weighted by Crippen LogP contribution is 2.43. The molecule has 3 aliphatic rings. The van der Waals surface area contributed by atoms with E-state index in [4.69, 9.17) is 23.7 Å². The molecular formula is C43H72N2O10. The lowest BCUT2D eigenvalue weighted by molar-refractivity contribution is -0.295. The molecule has 0 saturated carbocycles. The van der Waals surface area contributed by atoms with Crippen molar-refractivity contribution in [1.82, 2.24) is 9.80 Å². The number of carbonyl (C=O) groups is 4. The number of unbranched alkanes of at least 4 members (excludes halogenated alkanes) is 6. The van der Waals surface area contributed by atoms with E-state index in [1.54, 1.807) is 25.7 Å². The highest BCUT2D eigenvalue weighted by Gasteiger charge is 2.60. The summed E-state index contributed by atoms with van der Waals surface area (Å²) >= 11 is 0. The molecule has 1 N–H and O–H groups in total. The van der Waals surface area contributed by atoms with E-state index in [9.17, 15) is 24.3 Å². The van der Waals surface area contributed by atoms with Gasteiger partial charge in [-0.05, 0) is 73.9 Å². The van der Waals surface area contributed by atoms with E-state index in [0.717, 1.165) is 51.4 Å². The number of ketones is 2. The Labute approximate surface area is 331 Å². The van der Waals surface area contributed by atoms with Crippen LogP contribution in [0.1, 0.15) is 133 Å². The quantitative estimate of drug-likeness (QED) is 0.0971. The first-order valence-electron chi connectivity index (χ1n) is 20.8. The molecule has 3 saturated heterocycles. The number of Topliss-reactive ketones (excluding diaryl/α,β-unsaturated/α-hetero) is 2. The van der Waals surface area contributed by atoms with Gasteiger partial charge in [0.05, 0.1) is 23.9 Å². The van der Waals surface area contributed by atoms with E-state index in [1.165, 1.54) is 14.0 Å². The van der Waals surface area contributed by atoms with Gasteiger partial charge in [-0.25, -0.2) is 4.79 Å². The van der Waals surface area contributed by atoms with E-state index < -0.39 is 83.4 Å². The van der Waals surface area contributed by atoms with Crippen LogP contribution in [0.2, 0.25) is 0 Å². The van der Waals surface area contributed by atoms with Crippen molar-refractivity contribution in [2.24, 2.45) is 23.7 Å². The number of ether oxygens (including phenoxy) is 5. The van der Waals surface area contributed by atoms with Crippen molar-refractivity contribution in [2.45, 2.75) is 187 Å². The summed E-state index contributed by atoms with van der Waals surface area (Å²) in [7, 11) is 5.26. The number of aliphatic hydroxyl groups is 1. The van der Waals surface area contributed by atoms with Crippen LogP contribution in [0.25, 0.3) is 0 Å². The average Bonchev–Trinajstić information content (AvgIpc) is 3.41. The van der Waals surface area contributed by atoms with Crippen LogP contribution in [0, 0.1) is 35.5 Å². The monoisotopic (exact) mass is 777 g/mol. The normalized spacial score (nSPS) is 37.9. The predicted octanol–water partition coefficient (Wildman–Crippen LogP) is 6.33. The first-order chi connectivity index (χ1) is 25.9. The van der Waals surface area contributed by atoms with Crippen molar-refractivity contribution in [3.05, 3.63) is 0 Å². The second-order valence-electron chi connectivity index (χ2n) is 17.0. The second-order valence-corrected chi connectivity index (χ2v) is 17.0.